The first-order valence-corrected chi connectivity index (χ1v) is 3.15. The van der Waals surface area contributed by atoms with E-state index < -0.39 is 5.72 Å². The van der Waals surface area contributed by atoms with Gasteiger partial charge in [-0.2, -0.15) is 0 Å². The molecule has 4 N–H and O–H groups in total. The predicted molar refractivity (Wildman–Crippen MR) is 37.9 cm³/mol. The first kappa shape index (κ1) is 8.88. The van der Waals surface area contributed by atoms with Gasteiger partial charge in [0.05, 0.1) is 6.10 Å². The Hall–Kier alpha value is -0.120. The third-order valence-corrected chi connectivity index (χ3v) is 0.910. The second-order valence-electron chi connectivity index (χ2n) is 2.68. The molecule has 0 aliphatic rings. The molecule has 0 aliphatic carbocycles. The smallest absolute Gasteiger partial charge is 0.126 e. The average Bonchev–Trinajstić information content (AvgIpc) is 1.63. The van der Waals surface area contributed by atoms with Crippen molar-refractivity contribution in [2.45, 2.75) is 32.6 Å². The molecule has 3 nitrogen and oxygen atoms in total. The fourth-order valence-corrected chi connectivity index (χ4v) is 0.587. The summed E-state index contributed by atoms with van der Waals surface area (Å²) in [4.78, 5) is 0. The highest BCUT2D eigenvalue weighted by Gasteiger charge is 2.17. The van der Waals surface area contributed by atoms with E-state index in [1.807, 2.05) is 13.8 Å². The van der Waals surface area contributed by atoms with Crippen molar-refractivity contribution < 1.29 is 4.74 Å². The van der Waals surface area contributed by atoms with E-state index in [9.17, 15) is 0 Å². The van der Waals surface area contributed by atoms with Crippen LogP contribution in [0, 0.1) is 0 Å². The molecule has 0 bridgehead atoms. The SMILES string of the molecule is CC(C)OC(C)(N)CN. The molecule has 0 saturated carbocycles. The Morgan fingerprint density at radius 2 is 2.00 bits per heavy atom. The molecular weight excluding hydrogens is 116 g/mol. The van der Waals surface area contributed by atoms with Crippen LogP contribution in [0.15, 0.2) is 0 Å². The maximum absolute atomic E-state index is 5.57. The van der Waals surface area contributed by atoms with Crippen molar-refractivity contribution in [3.63, 3.8) is 0 Å². The van der Waals surface area contributed by atoms with Crippen molar-refractivity contribution in [2.24, 2.45) is 11.5 Å². The van der Waals surface area contributed by atoms with Gasteiger partial charge in [-0.25, -0.2) is 0 Å². The van der Waals surface area contributed by atoms with Gasteiger partial charge >= 0.3 is 0 Å². The number of hydrogen-bond donors (Lipinski definition) is 2. The monoisotopic (exact) mass is 132 g/mol. The summed E-state index contributed by atoms with van der Waals surface area (Å²) in [6.07, 6.45) is 0.142. The number of rotatable bonds is 3. The van der Waals surface area contributed by atoms with E-state index in [2.05, 4.69) is 0 Å². The largest absolute Gasteiger partial charge is 0.357 e. The maximum atomic E-state index is 5.57. The molecule has 0 aromatic heterocycles. The summed E-state index contributed by atoms with van der Waals surface area (Å²) >= 11 is 0. The summed E-state index contributed by atoms with van der Waals surface area (Å²) < 4.78 is 5.24. The normalized spacial score (nSPS) is 18.0. The molecule has 0 aliphatic heterocycles. The van der Waals surface area contributed by atoms with Gasteiger partial charge < -0.3 is 16.2 Å². The van der Waals surface area contributed by atoms with E-state index in [1.165, 1.54) is 0 Å². The summed E-state index contributed by atoms with van der Waals surface area (Å²) in [5.74, 6) is 0. The first-order valence-electron chi connectivity index (χ1n) is 3.15. The fourth-order valence-electron chi connectivity index (χ4n) is 0.587. The van der Waals surface area contributed by atoms with E-state index in [4.69, 9.17) is 16.2 Å². The third-order valence-electron chi connectivity index (χ3n) is 0.910. The van der Waals surface area contributed by atoms with Gasteiger partial charge in [0.15, 0.2) is 0 Å². The van der Waals surface area contributed by atoms with Crippen molar-refractivity contribution in [3.05, 3.63) is 0 Å². The molecule has 3 heteroatoms. The second-order valence-corrected chi connectivity index (χ2v) is 2.68. The number of hydrogen-bond acceptors (Lipinski definition) is 3. The summed E-state index contributed by atoms with van der Waals surface area (Å²) in [7, 11) is 0. The van der Waals surface area contributed by atoms with Crippen molar-refractivity contribution >= 4 is 0 Å². The maximum Gasteiger partial charge on any atom is 0.126 e. The number of nitrogens with two attached hydrogens (primary N) is 2. The van der Waals surface area contributed by atoms with Gasteiger partial charge in [-0.05, 0) is 20.8 Å². The van der Waals surface area contributed by atoms with Crippen LogP contribution in [0.25, 0.3) is 0 Å². The minimum atomic E-state index is -0.659. The third kappa shape index (κ3) is 4.39. The molecule has 0 amide bonds. The van der Waals surface area contributed by atoms with E-state index in [0.29, 0.717) is 6.54 Å². The zero-order valence-electron chi connectivity index (χ0n) is 6.35. The number of ether oxygens (including phenoxy) is 1. The van der Waals surface area contributed by atoms with Gasteiger partial charge in [-0.3, -0.25) is 0 Å². The lowest BCUT2D eigenvalue weighted by molar-refractivity contribution is -0.0573. The molecule has 1 unspecified atom stereocenters. The molecule has 0 saturated heterocycles. The minimum absolute atomic E-state index is 0.142. The van der Waals surface area contributed by atoms with Crippen LogP contribution < -0.4 is 11.5 Å². The quantitative estimate of drug-likeness (QED) is 0.533. The second kappa shape index (κ2) is 3.15. The Bertz CT molecular complexity index is 81.1. The molecule has 0 aromatic carbocycles. The summed E-state index contributed by atoms with van der Waals surface area (Å²) in [6, 6.07) is 0. The van der Waals surface area contributed by atoms with Crippen molar-refractivity contribution in [1.29, 1.82) is 0 Å². The Kier molecular flexibility index (Phi) is 3.11. The molecule has 0 fully saturated rings. The average molecular weight is 132 g/mol. The van der Waals surface area contributed by atoms with Crippen LogP contribution in [0.2, 0.25) is 0 Å². The first-order chi connectivity index (χ1) is 3.98. The summed E-state index contributed by atoms with van der Waals surface area (Å²) in [6.45, 7) is 5.99. The zero-order chi connectivity index (χ0) is 7.49. The van der Waals surface area contributed by atoms with Gasteiger partial charge in [0.25, 0.3) is 0 Å². The van der Waals surface area contributed by atoms with Crippen molar-refractivity contribution in [1.82, 2.24) is 0 Å². The Morgan fingerprint density at radius 1 is 1.56 bits per heavy atom. The lowest BCUT2D eigenvalue weighted by atomic mass is 10.3. The molecule has 0 heterocycles. The van der Waals surface area contributed by atoms with E-state index >= 15 is 0 Å². The van der Waals surface area contributed by atoms with Crippen LogP contribution in [-0.2, 0) is 4.74 Å². The zero-order valence-corrected chi connectivity index (χ0v) is 6.35. The molecule has 9 heavy (non-hydrogen) atoms. The molecule has 0 spiro atoms. The van der Waals surface area contributed by atoms with E-state index in [-0.39, 0.29) is 6.10 Å². The highest BCUT2D eigenvalue weighted by molar-refractivity contribution is 4.67. The van der Waals surface area contributed by atoms with Crippen LogP contribution in [0.4, 0.5) is 0 Å². The predicted octanol–water partition coefficient (Wildman–Crippen LogP) is 0.0450. The van der Waals surface area contributed by atoms with Crippen LogP contribution >= 0.6 is 0 Å². The Labute approximate surface area is 56.4 Å². The van der Waals surface area contributed by atoms with Crippen LogP contribution in [0.1, 0.15) is 20.8 Å². The lowest BCUT2D eigenvalue weighted by Gasteiger charge is -2.25. The Balaban J connectivity index is 3.58. The summed E-state index contributed by atoms with van der Waals surface area (Å²) in [5.41, 5.74) is 10.2. The van der Waals surface area contributed by atoms with Gasteiger partial charge in [0.2, 0.25) is 0 Å². The van der Waals surface area contributed by atoms with Crippen LogP contribution in [-0.4, -0.2) is 18.4 Å². The van der Waals surface area contributed by atoms with Gasteiger partial charge in [0, 0.05) is 6.54 Å². The van der Waals surface area contributed by atoms with Crippen LogP contribution in [0.5, 0.6) is 0 Å². The molecule has 56 valence electrons. The minimum Gasteiger partial charge on any atom is -0.357 e. The van der Waals surface area contributed by atoms with Gasteiger partial charge in [-0.1, -0.05) is 0 Å². The lowest BCUT2D eigenvalue weighted by Crippen LogP contribution is -2.47. The van der Waals surface area contributed by atoms with E-state index in [0.717, 1.165) is 0 Å². The molecule has 0 aromatic rings. The van der Waals surface area contributed by atoms with Crippen molar-refractivity contribution in [3.8, 4) is 0 Å². The standard InChI is InChI=1S/C6H16N2O/c1-5(2)9-6(3,8)4-7/h5H,4,7-8H2,1-3H3. The van der Waals surface area contributed by atoms with E-state index in [1.54, 1.807) is 6.92 Å². The highest BCUT2D eigenvalue weighted by atomic mass is 16.5. The summed E-state index contributed by atoms with van der Waals surface area (Å²) in [5, 5.41) is 0. The molecule has 0 rings (SSSR count). The van der Waals surface area contributed by atoms with Crippen LogP contribution in [0.3, 0.4) is 0 Å². The fraction of sp³-hybridized carbons (Fsp3) is 1.00. The molecule has 1 atom stereocenters. The van der Waals surface area contributed by atoms with Gasteiger partial charge in [0.1, 0.15) is 5.72 Å². The molecular formula is C6H16N2O. The van der Waals surface area contributed by atoms with Crippen molar-refractivity contribution in [2.75, 3.05) is 6.54 Å². The topological polar surface area (TPSA) is 61.3 Å². The molecule has 0 radical (unpaired) electrons. The highest BCUT2D eigenvalue weighted by Crippen LogP contribution is 2.02. The Morgan fingerprint density at radius 3 is 2.11 bits per heavy atom. The van der Waals surface area contributed by atoms with Gasteiger partial charge in [-0.15, -0.1) is 0 Å².